The number of nitrogens with two attached hydrogens (primary N) is 1. The van der Waals surface area contributed by atoms with E-state index in [0.717, 1.165) is 16.5 Å². The van der Waals surface area contributed by atoms with Crippen molar-refractivity contribution in [2.24, 2.45) is 5.73 Å². The maximum absolute atomic E-state index is 11.0. The molecule has 0 aliphatic carbocycles. The number of hydrogen-bond acceptors (Lipinski definition) is 3. The molecule has 1 aromatic heterocycles. The van der Waals surface area contributed by atoms with Crippen LogP contribution in [0.5, 0.6) is 0 Å². The predicted molar refractivity (Wildman–Crippen MR) is 80.2 cm³/mol. The van der Waals surface area contributed by atoms with Crippen molar-refractivity contribution in [1.29, 1.82) is 0 Å². The fourth-order valence-corrected chi connectivity index (χ4v) is 2.41. The number of nitrogens with zero attached hydrogens (tertiary/aromatic N) is 1. The van der Waals surface area contributed by atoms with Crippen LogP contribution in [0.15, 0.2) is 66.9 Å². The van der Waals surface area contributed by atoms with Crippen LogP contribution in [0.3, 0.4) is 0 Å². The highest BCUT2D eigenvalue weighted by atomic mass is 16.3. The minimum atomic E-state index is -1.21. The van der Waals surface area contributed by atoms with Crippen LogP contribution in [-0.2, 0) is 5.60 Å². The summed E-state index contributed by atoms with van der Waals surface area (Å²) >= 11 is 0. The molecule has 0 saturated carbocycles. The third kappa shape index (κ3) is 2.07. The molecular weight excluding hydrogens is 248 g/mol. The normalized spacial score (nSPS) is 14.1. The van der Waals surface area contributed by atoms with Crippen molar-refractivity contribution >= 4 is 10.9 Å². The van der Waals surface area contributed by atoms with Gasteiger partial charge in [-0.05, 0) is 17.7 Å². The molecule has 3 heteroatoms. The smallest absolute Gasteiger partial charge is 0.128 e. The second kappa shape index (κ2) is 5.04. The molecule has 1 heterocycles. The summed E-state index contributed by atoms with van der Waals surface area (Å²) in [5, 5.41) is 12.0. The van der Waals surface area contributed by atoms with Gasteiger partial charge in [-0.15, -0.1) is 0 Å². The Morgan fingerprint density at radius 2 is 1.65 bits per heavy atom. The quantitative estimate of drug-likeness (QED) is 0.764. The van der Waals surface area contributed by atoms with Crippen LogP contribution in [-0.4, -0.2) is 16.6 Å². The van der Waals surface area contributed by atoms with Crippen molar-refractivity contribution < 1.29 is 5.11 Å². The van der Waals surface area contributed by atoms with Gasteiger partial charge in [0.1, 0.15) is 5.60 Å². The first-order valence-corrected chi connectivity index (χ1v) is 6.57. The number of hydrogen-bond donors (Lipinski definition) is 2. The standard InChI is InChI=1S/C17H16N2O/c18-12-17(20,14-7-2-1-3-8-14)15-10-13-6-4-5-9-16(13)19-11-15/h1-11,20H,12,18H2. The van der Waals surface area contributed by atoms with Crippen LogP contribution >= 0.6 is 0 Å². The van der Waals surface area contributed by atoms with E-state index in [1.54, 1.807) is 6.20 Å². The lowest BCUT2D eigenvalue weighted by Gasteiger charge is -2.27. The van der Waals surface area contributed by atoms with Gasteiger partial charge in [-0.25, -0.2) is 0 Å². The molecule has 20 heavy (non-hydrogen) atoms. The fraction of sp³-hybridized carbons (Fsp3) is 0.118. The lowest BCUT2D eigenvalue weighted by molar-refractivity contribution is 0.0900. The molecular formula is C17H16N2O. The largest absolute Gasteiger partial charge is 0.379 e. The summed E-state index contributed by atoms with van der Waals surface area (Å²) in [6.07, 6.45) is 1.70. The van der Waals surface area contributed by atoms with Gasteiger partial charge in [-0.2, -0.15) is 0 Å². The molecule has 100 valence electrons. The Hall–Kier alpha value is -2.23. The topological polar surface area (TPSA) is 59.1 Å². The van der Waals surface area contributed by atoms with Crippen LogP contribution in [0.25, 0.3) is 10.9 Å². The van der Waals surface area contributed by atoms with Gasteiger partial charge in [0.25, 0.3) is 0 Å². The van der Waals surface area contributed by atoms with Crippen molar-refractivity contribution in [2.75, 3.05) is 6.54 Å². The molecule has 1 unspecified atom stereocenters. The highest BCUT2D eigenvalue weighted by Crippen LogP contribution is 2.29. The van der Waals surface area contributed by atoms with Crippen molar-refractivity contribution in [3.05, 3.63) is 78.0 Å². The third-order valence-corrected chi connectivity index (χ3v) is 3.61. The zero-order valence-corrected chi connectivity index (χ0v) is 11.0. The van der Waals surface area contributed by atoms with Crippen molar-refractivity contribution in [2.45, 2.75) is 5.60 Å². The van der Waals surface area contributed by atoms with Crippen LogP contribution < -0.4 is 5.73 Å². The monoisotopic (exact) mass is 264 g/mol. The van der Waals surface area contributed by atoms with Gasteiger partial charge >= 0.3 is 0 Å². The average molecular weight is 264 g/mol. The number of para-hydroxylation sites is 1. The van der Waals surface area contributed by atoms with Gasteiger partial charge in [0.05, 0.1) is 5.52 Å². The molecule has 0 aliphatic heterocycles. The van der Waals surface area contributed by atoms with Crippen molar-refractivity contribution in [1.82, 2.24) is 4.98 Å². The first-order valence-electron chi connectivity index (χ1n) is 6.57. The first-order chi connectivity index (χ1) is 9.74. The van der Waals surface area contributed by atoms with E-state index in [1.807, 2.05) is 60.7 Å². The van der Waals surface area contributed by atoms with E-state index in [9.17, 15) is 5.11 Å². The zero-order valence-electron chi connectivity index (χ0n) is 11.0. The van der Waals surface area contributed by atoms with E-state index in [1.165, 1.54) is 0 Å². The second-order valence-electron chi connectivity index (χ2n) is 4.85. The summed E-state index contributed by atoms with van der Waals surface area (Å²) in [6, 6.07) is 19.2. The third-order valence-electron chi connectivity index (χ3n) is 3.61. The molecule has 3 aromatic rings. The average Bonchev–Trinajstić information content (AvgIpc) is 2.54. The molecule has 3 N–H and O–H groups in total. The van der Waals surface area contributed by atoms with Gasteiger partial charge in [0.15, 0.2) is 0 Å². The van der Waals surface area contributed by atoms with E-state index < -0.39 is 5.60 Å². The van der Waals surface area contributed by atoms with Gasteiger partial charge in [0.2, 0.25) is 0 Å². The van der Waals surface area contributed by atoms with E-state index in [0.29, 0.717) is 5.56 Å². The molecule has 0 aliphatic rings. The Morgan fingerprint density at radius 3 is 2.40 bits per heavy atom. The highest BCUT2D eigenvalue weighted by Gasteiger charge is 2.30. The molecule has 2 aromatic carbocycles. The number of aliphatic hydroxyl groups is 1. The molecule has 0 spiro atoms. The van der Waals surface area contributed by atoms with E-state index in [4.69, 9.17) is 5.73 Å². The summed E-state index contributed by atoms with van der Waals surface area (Å²) in [7, 11) is 0. The number of fused-ring (bicyclic) bond motifs is 1. The van der Waals surface area contributed by atoms with Crippen LogP contribution in [0.2, 0.25) is 0 Å². The Morgan fingerprint density at radius 1 is 0.950 bits per heavy atom. The predicted octanol–water partition coefficient (Wildman–Crippen LogP) is 2.43. The molecule has 1 atom stereocenters. The number of aromatic nitrogens is 1. The molecule has 0 radical (unpaired) electrons. The van der Waals surface area contributed by atoms with E-state index in [2.05, 4.69) is 4.98 Å². The molecule has 0 amide bonds. The second-order valence-corrected chi connectivity index (χ2v) is 4.85. The van der Waals surface area contributed by atoms with Gasteiger partial charge in [0, 0.05) is 23.7 Å². The Balaban J connectivity index is 2.16. The maximum atomic E-state index is 11.0. The van der Waals surface area contributed by atoms with Gasteiger partial charge < -0.3 is 10.8 Å². The minimum absolute atomic E-state index is 0.108. The fourth-order valence-electron chi connectivity index (χ4n) is 2.41. The zero-order chi connectivity index (χ0) is 14.0. The molecule has 0 saturated heterocycles. The molecule has 3 nitrogen and oxygen atoms in total. The minimum Gasteiger partial charge on any atom is -0.379 e. The van der Waals surface area contributed by atoms with Crippen LogP contribution in [0.1, 0.15) is 11.1 Å². The first kappa shape index (κ1) is 12.8. The Bertz CT molecular complexity index is 727. The summed E-state index contributed by atoms with van der Waals surface area (Å²) in [5.41, 5.74) is 7.02. The van der Waals surface area contributed by atoms with Gasteiger partial charge in [-0.1, -0.05) is 48.5 Å². The van der Waals surface area contributed by atoms with Gasteiger partial charge in [-0.3, -0.25) is 4.98 Å². The summed E-state index contributed by atoms with van der Waals surface area (Å²) in [6.45, 7) is 0.108. The number of benzene rings is 2. The lowest BCUT2D eigenvalue weighted by atomic mass is 9.87. The van der Waals surface area contributed by atoms with Crippen LogP contribution in [0.4, 0.5) is 0 Å². The highest BCUT2D eigenvalue weighted by molar-refractivity contribution is 5.79. The molecule has 0 fully saturated rings. The van der Waals surface area contributed by atoms with Crippen molar-refractivity contribution in [3.63, 3.8) is 0 Å². The molecule has 3 rings (SSSR count). The summed E-state index contributed by atoms with van der Waals surface area (Å²) in [5.74, 6) is 0. The van der Waals surface area contributed by atoms with E-state index >= 15 is 0 Å². The van der Waals surface area contributed by atoms with E-state index in [-0.39, 0.29) is 6.54 Å². The SMILES string of the molecule is NCC(O)(c1ccccc1)c1cnc2ccccc2c1. The lowest BCUT2D eigenvalue weighted by Crippen LogP contribution is -2.36. The summed E-state index contributed by atoms with van der Waals surface area (Å²) in [4.78, 5) is 4.41. The van der Waals surface area contributed by atoms with Crippen molar-refractivity contribution in [3.8, 4) is 0 Å². The van der Waals surface area contributed by atoms with Crippen LogP contribution in [0, 0.1) is 0 Å². The number of pyridine rings is 1. The summed E-state index contributed by atoms with van der Waals surface area (Å²) < 4.78 is 0. The number of rotatable bonds is 3. The molecule has 0 bridgehead atoms. The Kier molecular flexibility index (Phi) is 3.22. The maximum Gasteiger partial charge on any atom is 0.128 e. The Labute approximate surface area is 117 Å².